The van der Waals surface area contributed by atoms with Gasteiger partial charge in [0, 0.05) is 31.5 Å². The Kier molecular flexibility index (Phi) is 6.54. The number of carbonyl (C=O) groups excluding carboxylic acids is 2. The van der Waals surface area contributed by atoms with E-state index in [-0.39, 0.29) is 30.3 Å². The lowest BCUT2D eigenvalue weighted by atomic mass is 10.1. The molecule has 6 heteroatoms. The SMILES string of the molecule is O=C(CCCC(=O)c1ccc(F)cc1)Nc1ccccc1N1CCOCC1. The summed E-state index contributed by atoms with van der Waals surface area (Å²) < 4.78 is 18.3. The summed E-state index contributed by atoms with van der Waals surface area (Å²) in [5.74, 6) is -0.580. The summed E-state index contributed by atoms with van der Waals surface area (Å²) in [5, 5.41) is 2.95. The molecule has 2 aromatic rings. The summed E-state index contributed by atoms with van der Waals surface area (Å²) in [5.41, 5.74) is 2.22. The highest BCUT2D eigenvalue weighted by Gasteiger charge is 2.16. The van der Waals surface area contributed by atoms with Crippen molar-refractivity contribution in [3.8, 4) is 0 Å². The average Bonchev–Trinajstić information content (AvgIpc) is 2.69. The van der Waals surface area contributed by atoms with E-state index in [1.165, 1.54) is 24.3 Å². The number of amides is 1. The number of nitrogens with one attached hydrogen (secondary N) is 1. The highest BCUT2D eigenvalue weighted by Crippen LogP contribution is 2.26. The van der Waals surface area contributed by atoms with Crippen LogP contribution in [-0.4, -0.2) is 38.0 Å². The number of ketones is 1. The first-order valence-electron chi connectivity index (χ1n) is 9.14. The van der Waals surface area contributed by atoms with Crippen LogP contribution >= 0.6 is 0 Å². The molecule has 2 aromatic carbocycles. The van der Waals surface area contributed by atoms with Gasteiger partial charge in [0.05, 0.1) is 24.6 Å². The van der Waals surface area contributed by atoms with E-state index < -0.39 is 0 Å². The molecule has 1 heterocycles. The number of carbonyl (C=O) groups is 2. The lowest BCUT2D eigenvalue weighted by molar-refractivity contribution is -0.116. The Labute approximate surface area is 158 Å². The molecule has 142 valence electrons. The molecular formula is C21H23FN2O3. The van der Waals surface area contributed by atoms with E-state index in [1.807, 2.05) is 24.3 Å². The monoisotopic (exact) mass is 370 g/mol. The van der Waals surface area contributed by atoms with Gasteiger partial charge in [-0.05, 0) is 42.8 Å². The number of rotatable bonds is 7. The van der Waals surface area contributed by atoms with Gasteiger partial charge in [0.25, 0.3) is 0 Å². The van der Waals surface area contributed by atoms with Crippen molar-refractivity contribution < 1.29 is 18.7 Å². The van der Waals surface area contributed by atoms with Crippen LogP contribution in [0.3, 0.4) is 0 Å². The molecule has 1 N–H and O–H groups in total. The smallest absolute Gasteiger partial charge is 0.224 e. The maximum atomic E-state index is 12.9. The van der Waals surface area contributed by atoms with Gasteiger partial charge in [-0.3, -0.25) is 9.59 Å². The van der Waals surface area contributed by atoms with Gasteiger partial charge in [0.2, 0.25) is 5.91 Å². The summed E-state index contributed by atoms with van der Waals surface area (Å²) in [7, 11) is 0. The van der Waals surface area contributed by atoms with Gasteiger partial charge >= 0.3 is 0 Å². The minimum Gasteiger partial charge on any atom is -0.378 e. The molecule has 1 amide bonds. The van der Waals surface area contributed by atoms with Crippen molar-refractivity contribution in [3.63, 3.8) is 0 Å². The van der Waals surface area contributed by atoms with Gasteiger partial charge < -0.3 is 15.0 Å². The van der Waals surface area contributed by atoms with Gasteiger partial charge in [0.15, 0.2) is 5.78 Å². The van der Waals surface area contributed by atoms with Crippen LogP contribution in [0.1, 0.15) is 29.6 Å². The largest absolute Gasteiger partial charge is 0.378 e. The van der Waals surface area contributed by atoms with Crippen LogP contribution in [0.15, 0.2) is 48.5 Å². The Bertz CT molecular complexity index is 786. The maximum absolute atomic E-state index is 12.9. The summed E-state index contributed by atoms with van der Waals surface area (Å²) in [6, 6.07) is 13.2. The highest BCUT2D eigenvalue weighted by molar-refractivity contribution is 5.97. The number of anilines is 2. The van der Waals surface area contributed by atoms with E-state index in [4.69, 9.17) is 4.74 Å². The molecule has 5 nitrogen and oxygen atoms in total. The Morgan fingerprint density at radius 3 is 2.44 bits per heavy atom. The van der Waals surface area contributed by atoms with Crippen molar-refractivity contribution in [2.24, 2.45) is 0 Å². The second-order valence-corrected chi connectivity index (χ2v) is 6.45. The number of Topliss-reactive ketones (excluding diaryl/α,β-unsaturated/α-hetero) is 1. The van der Waals surface area contributed by atoms with Crippen molar-refractivity contribution in [2.75, 3.05) is 36.5 Å². The Balaban J connectivity index is 1.51. The molecule has 0 aliphatic carbocycles. The molecule has 0 bridgehead atoms. The van der Waals surface area contributed by atoms with Crippen molar-refractivity contribution in [2.45, 2.75) is 19.3 Å². The predicted molar refractivity (Wildman–Crippen MR) is 103 cm³/mol. The normalized spacial score (nSPS) is 14.0. The van der Waals surface area contributed by atoms with Gasteiger partial charge in [-0.15, -0.1) is 0 Å². The zero-order valence-corrected chi connectivity index (χ0v) is 15.1. The first-order valence-corrected chi connectivity index (χ1v) is 9.14. The van der Waals surface area contributed by atoms with Crippen LogP contribution in [0.2, 0.25) is 0 Å². The molecule has 0 aromatic heterocycles. The lowest BCUT2D eigenvalue weighted by Crippen LogP contribution is -2.36. The van der Waals surface area contributed by atoms with Gasteiger partial charge in [-0.2, -0.15) is 0 Å². The minimum atomic E-state index is -0.370. The number of halogens is 1. The lowest BCUT2D eigenvalue weighted by Gasteiger charge is -2.30. The van der Waals surface area contributed by atoms with Crippen molar-refractivity contribution in [3.05, 3.63) is 59.9 Å². The summed E-state index contributed by atoms with van der Waals surface area (Å²) in [6.45, 7) is 2.93. The van der Waals surface area contributed by atoms with E-state index in [0.29, 0.717) is 25.2 Å². The Hall–Kier alpha value is -2.73. The van der Waals surface area contributed by atoms with Crippen LogP contribution in [0.5, 0.6) is 0 Å². The van der Waals surface area contributed by atoms with Gasteiger partial charge in [-0.25, -0.2) is 4.39 Å². The van der Waals surface area contributed by atoms with E-state index in [2.05, 4.69) is 10.2 Å². The maximum Gasteiger partial charge on any atom is 0.224 e. The highest BCUT2D eigenvalue weighted by atomic mass is 19.1. The standard InChI is InChI=1S/C21H23FN2O3/c22-17-10-8-16(9-11-17)20(25)6-3-7-21(26)23-18-4-1-2-5-19(18)24-12-14-27-15-13-24/h1-2,4-5,8-11H,3,6-7,12-15H2,(H,23,26). The second-order valence-electron chi connectivity index (χ2n) is 6.45. The average molecular weight is 370 g/mol. The van der Waals surface area contributed by atoms with Crippen molar-refractivity contribution in [1.29, 1.82) is 0 Å². The quantitative estimate of drug-likeness (QED) is 0.756. The summed E-state index contributed by atoms with van der Waals surface area (Å²) >= 11 is 0. The van der Waals surface area contributed by atoms with Gasteiger partial charge in [-0.1, -0.05) is 12.1 Å². The molecular weight excluding hydrogens is 347 g/mol. The van der Waals surface area contributed by atoms with Crippen LogP contribution < -0.4 is 10.2 Å². The first kappa shape index (κ1) is 19.0. The summed E-state index contributed by atoms with van der Waals surface area (Å²) in [6.07, 6.45) is 0.955. The zero-order chi connectivity index (χ0) is 19.1. The molecule has 27 heavy (non-hydrogen) atoms. The number of benzene rings is 2. The molecule has 0 spiro atoms. The van der Waals surface area contributed by atoms with E-state index in [1.54, 1.807) is 0 Å². The Morgan fingerprint density at radius 2 is 1.70 bits per heavy atom. The van der Waals surface area contributed by atoms with Gasteiger partial charge in [0.1, 0.15) is 5.82 Å². The fraction of sp³-hybridized carbons (Fsp3) is 0.333. The zero-order valence-electron chi connectivity index (χ0n) is 15.1. The first-order chi connectivity index (χ1) is 13.1. The van der Waals surface area contributed by atoms with Crippen LogP contribution in [0.25, 0.3) is 0 Å². The molecule has 0 radical (unpaired) electrons. The molecule has 1 aliphatic rings. The van der Waals surface area contributed by atoms with Crippen LogP contribution in [0, 0.1) is 5.82 Å². The topological polar surface area (TPSA) is 58.6 Å². The van der Waals surface area contributed by atoms with E-state index in [9.17, 15) is 14.0 Å². The minimum absolute atomic E-state index is 0.0866. The number of hydrogen-bond acceptors (Lipinski definition) is 4. The molecule has 0 saturated carbocycles. The number of ether oxygens (including phenoxy) is 1. The second kappa shape index (κ2) is 9.28. The molecule has 0 unspecified atom stereocenters. The Morgan fingerprint density at radius 1 is 1.00 bits per heavy atom. The third-order valence-electron chi connectivity index (χ3n) is 4.50. The number of para-hydroxylation sites is 2. The molecule has 3 rings (SSSR count). The molecule has 1 aliphatic heterocycles. The third-order valence-corrected chi connectivity index (χ3v) is 4.50. The number of morpholine rings is 1. The van der Waals surface area contributed by atoms with E-state index >= 15 is 0 Å². The van der Waals surface area contributed by atoms with Crippen LogP contribution in [0.4, 0.5) is 15.8 Å². The summed E-state index contributed by atoms with van der Waals surface area (Å²) in [4.78, 5) is 26.6. The molecule has 1 fully saturated rings. The molecule has 1 saturated heterocycles. The number of hydrogen-bond donors (Lipinski definition) is 1. The predicted octanol–water partition coefficient (Wildman–Crippen LogP) is 3.65. The van der Waals surface area contributed by atoms with Crippen molar-refractivity contribution >= 4 is 23.1 Å². The van der Waals surface area contributed by atoms with Crippen molar-refractivity contribution in [1.82, 2.24) is 0 Å². The third kappa shape index (κ3) is 5.37. The number of nitrogens with zero attached hydrogens (tertiary/aromatic N) is 1. The van der Waals surface area contributed by atoms with Crippen LogP contribution in [-0.2, 0) is 9.53 Å². The fourth-order valence-electron chi connectivity index (χ4n) is 3.06. The molecule has 0 atom stereocenters. The van der Waals surface area contributed by atoms with E-state index in [0.717, 1.165) is 24.5 Å². The fourth-order valence-corrected chi connectivity index (χ4v) is 3.06.